The zero-order chi connectivity index (χ0) is 11.5. The molecule has 1 aromatic rings. The van der Waals surface area contributed by atoms with Gasteiger partial charge in [-0.25, -0.2) is 4.39 Å². The summed E-state index contributed by atoms with van der Waals surface area (Å²) in [6.45, 7) is 0. The van der Waals surface area contributed by atoms with Crippen LogP contribution in [-0.4, -0.2) is 25.4 Å². The standard InChI is InChI=1S/C9H10F2O3S/c10-9-4-2-1-3-7(9)5-8(12)6-15(11,13)14/h1-4,8,12H,5-6H2. The second-order valence-electron chi connectivity index (χ2n) is 3.15. The van der Waals surface area contributed by atoms with Crippen LogP contribution in [0.1, 0.15) is 5.56 Å². The van der Waals surface area contributed by atoms with Crippen LogP contribution in [0.5, 0.6) is 0 Å². The van der Waals surface area contributed by atoms with E-state index in [0.717, 1.165) is 0 Å². The largest absolute Gasteiger partial charge is 0.392 e. The molecule has 0 aliphatic carbocycles. The summed E-state index contributed by atoms with van der Waals surface area (Å²) < 4.78 is 45.6. The molecule has 0 radical (unpaired) electrons. The molecule has 1 aromatic carbocycles. The average molecular weight is 236 g/mol. The predicted octanol–water partition coefficient (Wildman–Crippen LogP) is 1.03. The van der Waals surface area contributed by atoms with Crippen molar-refractivity contribution in [2.75, 3.05) is 5.75 Å². The Labute approximate surface area is 86.6 Å². The minimum atomic E-state index is -4.73. The quantitative estimate of drug-likeness (QED) is 0.794. The van der Waals surface area contributed by atoms with Crippen molar-refractivity contribution in [3.8, 4) is 0 Å². The third kappa shape index (κ3) is 4.35. The van der Waals surface area contributed by atoms with Crippen LogP contribution in [0.2, 0.25) is 0 Å². The van der Waals surface area contributed by atoms with E-state index in [1.165, 1.54) is 18.2 Å². The Morgan fingerprint density at radius 3 is 2.47 bits per heavy atom. The van der Waals surface area contributed by atoms with E-state index in [9.17, 15) is 21.8 Å². The smallest absolute Gasteiger partial charge is 0.304 e. The molecule has 84 valence electrons. The molecule has 0 aromatic heterocycles. The second kappa shape index (κ2) is 4.67. The SMILES string of the molecule is O=S(=O)(F)CC(O)Cc1ccccc1F. The number of hydrogen-bond donors (Lipinski definition) is 1. The number of aliphatic hydroxyl groups is 1. The van der Waals surface area contributed by atoms with Gasteiger partial charge in [-0.3, -0.25) is 0 Å². The van der Waals surface area contributed by atoms with Gasteiger partial charge in [-0.05, 0) is 11.6 Å². The van der Waals surface area contributed by atoms with Crippen molar-refractivity contribution in [1.82, 2.24) is 0 Å². The summed E-state index contributed by atoms with van der Waals surface area (Å²) in [6, 6.07) is 5.61. The molecule has 1 N–H and O–H groups in total. The first-order valence-electron chi connectivity index (χ1n) is 4.22. The summed E-state index contributed by atoms with van der Waals surface area (Å²) in [7, 11) is -4.73. The third-order valence-corrected chi connectivity index (χ3v) is 2.59. The van der Waals surface area contributed by atoms with E-state index in [-0.39, 0.29) is 12.0 Å². The van der Waals surface area contributed by atoms with Gasteiger partial charge in [0, 0.05) is 6.42 Å². The summed E-state index contributed by atoms with van der Waals surface area (Å²) in [6.07, 6.45) is -1.66. The highest BCUT2D eigenvalue weighted by Gasteiger charge is 2.17. The maximum absolute atomic E-state index is 13.0. The van der Waals surface area contributed by atoms with Crippen LogP contribution >= 0.6 is 0 Å². The first-order valence-corrected chi connectivity index (χ1v) is 5.77. The minimum Gasteiger partial charge on any atom is -0.392 e. The Balaban J connectivity index is 2.67. The van der Waals surface area contributed by atoms with E-state index in [1.54, 1.807) is 6.07 Å². The highest BCUT2D eigenvalue weighted by molar-refractivity contribution is 7.86. The lowest BCUT2D eigenvalue weighted by atomic mass is 10.1. The van der Waals surface area contributed by atoms with Crippen LogP contribution in [0.3, 0.4) is 0 Å². The molecule has 1 rings (SSSR count). The van der Waals surface area contributed by atoms with Gasteiger partial charge in [0.1, 0.15) is 11.6 Å². The molecule has 0 fully saturated rings. The van der Waals surface area contributed by atoms with Gasteiger partial charge in [-0.15, -0.1) is 3.89 Å². The lowest BCUT2D eigenvalue weighted by Gasteiger charge is -2.08. The van der Waals surface area contributed by atoms with E-state index in [0.29, 0.717) is 0 Å². The van der Waals surface area contributed by atoms with Gasteiger partial charge in [0.05, 0.1) is 6.10 Å². The molecule has 15 heavy (non-hydrogen) atoms. The molecule has 3 nitrogen and oxygen atoms in total. The van der Waals surface area contributed by atoms with Gasteiger partial charge in [0.25, 0.3) is 0 Å². The fourth-order valence-corrected chi connectivity index (χ4v) is 1.78. The van der Waals surface area contributed by atoms with Gasteiger partial charge < -0.3 is 5.11 Å². The van der Waals surface area contributed by atoms with Crippen molar-refractivity contribution in [3.05, 3.63) is 35.6 Å². The fraction of sp³-hybridized carbons (Fsp3) is 0.333. The molecule has 0 spiro atoms. The van der Waals surface area contributed by atoms with Crippen LogP contribution in [0.15, 0.2) is 24.3 Å². The number of halogens is 2. The Morgan fingerprint density at radius 1 is 1.33 bits per heavy atom. The van der Waals surface area contributed by atoms with Crippen LogP contribution < -0.4 is 0 Å². The van der Waals surface area contributed by atoms with Gasteiger partial charge in [-0.1, -0.05) is 18.2 Å². The van der Waals surface area contributed by atoms with Gasteiger partial charge in [-0.2, -0.15) is 8.42 Å². The Morgan fingerprint density at radius 2 is 1.93 bits per heavy atom. The summed E-state index contributed by atoms with van der Waals surface area (Å²) in [5, 5.41) is 9.18. The van der Waals surface area contributed by atoms with Gasteiger partial charge in [0.15, 0.2) is 0 Å². The normalized spacial score (nSPS) is 13.8. The molecule has 0 aliphatic rings. The molecule has 0 aliphatic heterocycles. The number of benzene rings is 1. The molecule has 0 bridgehead atoms. The molecule has 1 unspecified atom stereocenters. The summed E-state index contributed by atoms with van der Waals surface area (Å²) in [4.78, 5) is 0. The predicted molar refractivity (Wildman–Crippen MR) is 51.0 cm³/mol. The molecule has 1 atom stereocenters. The molecular formula is C9H10F2O3S. The van der Waals surface area contributed by atoms with E-state index in [1.807, 2.05) is 0 Å². The molecule has 0 heterocycles. The van der Waals surface area contributed by atoms with Crippen LogP contribution in [0.4, 0.5) is 8.28 Å². The first-order chi connectivity index (χ1) is 6.88. The zero-order valence-electron chi connectivity index (χ0n) is 7.73. The maximum atomic E-state index is 13.0. The van der Waals surface area contributed by atoms with Gasteiger partial charge in [0.2, 0.25) is 0 Å². The fourth-order valence-electron chi connectivity index (χ4n) is 1.21. The van der Waals surface area contributed by atoms with Gasteiger partial charge >= 0.3 is 10.2 Å². The summed E-state index contributed by atoms with van der Waals surface area (Å²) >= 11 is 0. The van der Waals surface area contributed by atoms with E-state index in [2.05, 4.69) is 0 Å². The average Bonchev–Trinajstić information content (AvgIpc) is 2.05. The molecule has 0 saturated heterocycles. The lowest BCUT2D eigenvalue weighted by Crippen LogP contribution is -2.20. The monoisotopic (exact) mass is 236 g/mol. The first kappa shape index (κ1) is 12.1. The Hall–Kier alpha value is -1.01. The number of aliphatic hydroxyl groups excluding tert-OH is 1. The maximum Gasteiger partial charge on any atom is 0.304 e. The van der Waals surface area contributed by atoms with Crippen molar-refractivity contribution >= 4 is 10.2 Å². The Bertz CT molecular complexity index is 431. The number of hydrogen-bond acceptors (Lipinski definition) is 3. The third-order valence-electron chi connectivity index (χ3n) is 1.80. The van der Waals surface area contributed by atoms with Crippen LogP contribution in [-0.2, 0) is 16.6 Å². The van der Waals surface area contributed by atoms with Crippen LogP contribution in [0.25, 0.3) is 0 Å². The highest BCUT2D eigenvalue weighted by atomic mass is 32.3. The van der Waals surface area contributed by atoms with Crippen molar-refractivity contribution < 1.29 is 21.8 Å². The van der Waals surface area contributed by atoms with Crippen molar-refractivity contribution in [1.29, 1.82) is 0 Å². The van der Waals surface area contributed by atoms with E-state index in [4.69, 9.17) is 0 Å². The second-order valence-corrected chi connectivity index (χ2v) is 4.57. The summed E-state index contributed by atoms with van der Waals surface area (Å²) in [5.74, 6) is -1.56. The molecule has 0 amide bonds. The lowest BCUT2D eigenvalue weighted by molar-refractivity contribution is 0.195. The Kier molecular flexibility index (Phi) is 3.76. The molecule has 6 heteroatoms. The zero-order valence-corrected chi connectivity index (χ0v) is 8.55. The van der Waals surface area contributed by atoms with Crippen molar-refractivity contribution in [3.63, 3.8) is 0 Å². The highest BCUT2D eigenvalue weighted by Crippen LogP contribution is 2.10. The minimum absolute atomic E-state index is 0.161. The topological polar surface area (TPSA) is 54.4 Å². The van der Waals surface area contributed by atoms with Crippen molar-refractivity contribution in [2.24, 2.45) is 0 Å². The van der Waals surface area contributed by atoms with Crippen molar-refractivity contribution in [2.45, 2.75) is 12.5 Å². The molecular weight excluding hydrogens is 226 g/mol. The number of rotatable bonds is 4. The molecule has 0 saturated carbocycles. The van der Waals surface area contributed by atoms with Crippen LogP contribution in [0, 0.1) is 5.82 Å². The summed E-state index contributed by atoms with van der Waals surface area (Å²) in [5.41, 5.74) is 0.161. The van der Waals surface area contributed by atoms with E-state index < -0.39 is 27.9 Å². The van der Waals surface area contributed by atoms with E-state index >= 15 is 0 Å².